The molecule has 2 heterocycles. The van der Waals surface area contributed by atoms with E-state index < -0.39 is 0 Å². The topological polar surface area (TPSA) is 57.3 Å². The second kappa shape index (κ2) is 5.35. The van der Waals surface area contributed by atoms with E-state index in [1.165, 1.54) is 0 Å². The van der Waals surface area contributed by atoms with E-state index >= 15 is 0 Å². The summed E-state index contributed by atoms with van der Waals surface area (Å²) < 4.78 is 0. The molecule has 0 bridgehead atoms. The van der Waals surface area contributed by atoms with Crippen molar-refractivity contribution < 1.29 is 4.79 Å². The van der Waals surface area contributed by atoms with Gasteiger partial charge >= 0.3 is 0 Å². The standard InChI is InChI=1S/C13H17ClN4O/c14-12-11(18-7-5-15-6-8-18)4-3-10(17-12)13(19)16-9-1-2-9/h3-4,9,15H,1-2,5-8H2,(H,16,19). The zero-order chi connectivity index (χ0) is 13.2. The molecule has 1 aliphatic carbocycles. The highest BCUT2D eigenvalue weighted by Crippen LogP contribution is 2.25. The molecular formula is C13H17ClN4O. The van der Waals surface area contributed by atoms with Gasteiger partial charge in [-0.1, -0.05) is 11.6 Å². The number of halogens is 1. The first-order valence-electron chi connectivity index (χ1n) is 6.67. The van der Waals surface area contributed by atoms with Crippen LogP contribution in [0.1, 0.15) is 23.3 Å². The molecule has 1 saturated carbocycles. The Morgan fingerprint density at radius 1 is 1.37 bits per heavy atom. The second-order valence-electron chi connectivity index (χ2n) is 4.99. The van der Waals surface area contributed by atoms with Gasteiger partial charge in [0.05, 0.1) is 5.69 Å². The lowest BCUT2D eigenvalue weighted by atomic mass is 10.2. The fourth-order valence-corrected chi connectivity index (χ4v) is 2.46. The molecule has 1 saturated heterocycles. The van der Waals surface area contributed by atoms with Crippen LogP contribution < -0.4 is 15.5 Å². The molecule has 1 aliphatic heterocycles. The molecule has 1 amide bonds. The molecule has 0 atom stereocenters. The van der Waals surface area contributed by atoms with Crippen molar-refractivity contribution >= 4 is 23.2 Å². The summed E-state index contributed by atoms with van der Waals surface area (Å²) >= 11 is 6.21. The number of carbonyl (C=O) groups excluding carboxylic acids is 1. The summed E-state index contributed by atoms with van der Waals surface area (Å²) in [6, 6.07) is 3.98. The largest absolute Gasteiger partial charge is 0.366 e. The lowest BCUT2D eigenvalue weighted by Gasteiger charge is -2.29. The Hall–Kier alpha value is -1.33. The number of amides is 1. The lowest BCUT2D eigenvalue weighted by molar-refractivity contribution is 0.0946. The van der Waals surface area contributed by atoms with E-state index in [4.69, 9.17) is 11.6 Å². The number of anilines is 1. The highest BCUT2D eigenvalue weighted by atomic mass is 35.5. The molecule has 19 heavy (non-hydrogen) atoms. The number of hydrogen-bond acceptors (Lipinski definition) is 4. The van der Waals surface area contributed by atoms with Gasteiger partial charge in [-0.25, -0.2) is 4.98 Å². The summed E-state index contributed by atoms with van der Waals surface area (Å²) in [5, 5.41) is 6.61. The van der Waals surface area contributed by atoms with Gasteiger partial charge in [-0.05, 0) is 25.0 Å². The van der Waals surface area contributed by atoms with Crippen LogP contribution in [-0.2, 0) is 0 Å². The molecule has 1 aromatic rings. The summed E-state index contributed by atoms with van der Waals surface area (Å²) in [6.45, 7) is 3.71. The van der Waals surface area contributed by atoms with Crippen molar-refractivity contribution in [2.75, 3.05) is 31.1 Å². The Morgan fingerprint density at radius 2 is 2.11 bits per heavy atom. The van der Waals surface area contributed by atoms with Crippen LogP contribution in [0, 0.1) is 0 Å². The minimum Gasteiger partial charge on any atom is -0.366 e. The van der Waals surface area contributed by atoms with Crippen LogP contribution in [-0.4, -0.2) is 43.1 Å². The van der Waals surface area contributed by atoms with E-state index in [2.05, 4.69) is 20.5 Å². The molecule has 6 heteroatoms. The van der Waals surface area contributed by atoms with Gasteiger partial charge in [0, 0.05) is 32.2 Å². The maximum atomic E-state index is 11.9. The van der Waals surface area contributed by atoms with Crippen LogP contribution in [0.5, 0.6) is 0 Å². The van der Waals surface area contributed by atoms with Crippen LogP contribution in [0.2, 0.25) is 5.15 Å². The summed E-state index contributed by atoms with van der Waals surface area (Å²) in [7, 11) is 0. The summed E-state index contributed by atoms with van der Waals surface area (Å²) in [5.41, 5.74) is 1.31. The van der Waals surface area contributed by atoms with Crippen LogP contribution in [0.25, 0.3) is 0 Å². The molecule has 0 radical (unpaired) electrons. The number of aromatic nitrogens is 1. The Kier molecular flexibility index (Phi) is 3.57. The quantitative estimate of drug-likeness (QED) is 0.813. The van der Waals surface area contributed by atoms with Crippen LogP contribution in [0.3, 0.4) is 0 Å². The van der Waals surface area contributed by atoms with Crippen molar-refractivity contribution in [2.24, 2.45) is 0 Å². The normalized spacial score (nSPS) is 19.3. The summed E-state index contributed by atoms with van der Waals surface area (Å²) in [4.78, 5) is 18.3. The third kappa shape index (κ3) is 2.98. The average Bonchev–Trinajstić information content (AvgIpc) is 3.23. The minimum absolute atomic E-state index is 0.128. The van der Waals surface area contributed by atoms with E-state index in [1.807, 2.05) is 6.07 Å². The van der Waals surface area contributed by atoms with Gasteiger partial charge in [0.1, 0.15) is 5.69 Å². The molecule has 3 rings (SSSR count). The van der Waals surface area contributed by atoms with Crippen LogP contribution >= 0.6 is 11.6 Å². The van der Waals surface area contributed by atoms with Crippen LogP contribution in [0.15, 0.2) is 12.1 Å². The van der Waals surface area contributed by atoms with Crippen LogP contribution in [0.4, 0.5) is 5.69 Å². The van der Waals surface area contributed by atoms with Crippen molar-refractivity contribution in [3.63, 3.8) is 0 Å². The number of carbonyl (C=O) groups is 1. The molecule has 2 fully saturated rings. The Labute approximate surface area is 117 Å². The van der Waals surface area contributed by atoms with Crippen molar-refractivity contribution in [3.8, 4) is 0 Å². The zero-order valence-electron chi connectivity index (χ0n) is 10.7. The van der Waals surface area contributed by atoms with E-state index in [0.29, 0.717) is 16.9 Å². The van der Waals surface area contributed by atoms with Crippen molar-refractivity contribution in [1.29, 1.82) is 0 Å². The number of hydrogen-bond donors (Lipinski definition) is 2. The summed E-state index contributed by atoms with van der Waals surface area (Å²) in [5.74, 6) is -0.128. The zero-order valence-corrected chi connectivity index (χ0v) is 11.4. The first kappa shape index (κ1) is 12.7. The second-order valence-corrected chi connectivity index (χ2v) is 5.35. The molecule has 102 valence electrons. The number of piperazine rings is 1. The monoisotopic (exact) mass is 280 g/mol. The Balaban J connectivity index is 1.74. The molecular weight excluding hydrogens is 264 g/mol. The number of nitrogens with zero attached hydrogens (tertiary/aromatic N) is 2. The van der Waals surface area contributed by atoms with Gasteiger partial charge in [-0.2, -0.15) is 0 Å². The number of pyridine rings is 1. The molecule has 0 unspecified atom stereocenters. The first-order valence-corrected chi connectivity index (χ1v) is 7.05. The predicted octanol–water partition coefficient (Wildman–Crippen LogP) is 1.04. The third-order valence-corrected chi connectivity index (χ3v) is 3.71. The Morgan fingerprint density at radius 3 is 2.74 bits per heavy atom. The van der Waals surface area contributed by atoms with Crippen molar-refractivity contribution in [3.05, 3.63) is 23.0 Å². The van der Waals surface area contributed by atoms with E-state index in [1.54, 1.807) is 6.07 Å². The molecule has 0 aromatic carbocycles. The smallest absolute Gasteiger partial charge is 0.270 e. The number of nitrogens with one attached hydrogen (secondary N) is 2. The van der Waals surface area contributed by atoms with Gasteiger partial charge < -0.3 is 15.5 Å². The van der Waals surface area contributed by atoms with Gasteiger partial charge in [-0.15, -0.1) is 0 Å². The highest BCUT2D eigenvalue weighted by molar-refractivity contribution is 6.32. The van der Waals surface area contributed by atoms with E-state index in [-0.39, 0.29) is 5.91 Å². The van der Waals surface area contributed by atoms with Crippen molar-refractivity contribution in [2.45, 2.75) is 18.9 Å². The molecule has 2 N–H and O–H groups in total. The average molecular weight is 281 g/mol. The molecule has 0 spiro atoms. The lowest BCUT2D eigenvalue weighted by Crippen LogP contribution is -2.43. The van der Waals surface area contributed by atoms with E-state index in [0.717, 1.165) is 44.7 Å². The van der Waals surface area contributed by atoms with Crippen molar-refractivity contribution in [1.82, 2.24) is 15.6 Å². The SMILES string of the molecule is O=C(NC1CC1)c1ccc(N2CCNCC2)c(Cl)n1. The molecule has 2 aliphatic rings. The predicted molar refractivity (Wildman–Crippen MR) is 74.8 cm³/mol. The highest BCUT2D eigenvalue weighted by Gasteiger charge is 2.25. The van der Waals surface area contributed by atoms with Gasteiger partial charge in [0.15, 0.2) is 5.15 Å². The molecule has 5 nitrogen and oxygen atoms in total. The first-order chi connectivity index (χ1) is 9.24. The third-order valence-electron chi connectivity index (χ3n) is 3.43. The fraction of sp³-hybridized carbons (Fsp3) is 0.538. The molecule has 1 aromatic heterocycles. The van der Waals surface area contributed by atoms with E-state index in [9.17, 15) is 4.79 Å². The van der Waals surface area contributed by atoms with Gasteiger partial charge in [0.25, 0.3) is 5.91 Å². The fourth-order valence-electron chi connectivity index (χ4n) is 2.18. The minimum atomic E-state index is -0.128. The Bertz CT molecular complexity index is 484. The maximum absolute atomic E-state index is 11.9. The number of rotatable bonds is 3. The van der Waals surface area contributed by atoms with Gasteiger partial charge in [0.2, 0.25) is 0 Å². The maximum Gasteiger partial charge on any atom is 0.270 e. The summed E-state index contributed by atoms with van der Waals surface area (Å²) in [6.07, 6.45) is 2.14. The van der Waals surface area contributed by atoms with Gasteiger partial charge in [-0.3, -0.25) is 4.79 Å².